The molecule has 0 aliphatic carbocycles. The molecule has 0 bridgehead atoms. The topological polar surface area (TPSA) is 29.5 Å². The van der Waals surface area contributed by atoms with Gasteiger partial charge in [-0.3, -0.25) is 4.90 Å². The summed E-state index contributed by atoms with van der Waals surface area (Å²) in [6.07, 6.45) is 7.85. The lowest BCUT2D eigenvalue weighted by molar-refractivity contribution is 0.132. The van der Waals surface area contributed by atoms with E-state index in [1.807, 2.05) is 19.1 Å². The molecule has 0 spiro atoms. The molecule has 0 N–H and O–H groups in total. The van der Waals surface area contributed by atoms with Crippen LogP contribution in [0, 0.1) is 0 Å². The molecule has 1 atom stereocenters. The molecule has 76 valence electrons. The smallest absolute Gasteiger partial charge is 0.414 e. The van der Waals surface area contributed by atoms with Gasteiger partial charge in [0.25, 0.3) is 0 Å². The van der Waals surface area contributed by atoms with Crippen LogP contribution in [0.4, 0.5) is 4.79 Å². The van der Waals surface area contributed by atoms with Gasteiger partial charge in [0.1, 0.15) is 0 Å². The molecule has 0 radical (unpaired) electrons. The van der Waals surface area contributed by atoms with Crippen LogP contribution in [-0.4, -0.2) is 24.1 Å². The minimum Gasteiger partial charge on any atom is -0.452 e. The highest BCUT2D eigenvalue weighted by Gasteiger charge is 2.21. The maximum Gasteiger partial charge on any atom is 0.414 e. The zero-order valence-electron chi connectivity index (χ0n) is 8.56. The normalized spacial score (nSPS) is 20.3. The molecule has 0 aromatic carbocycles. The van der Waals surface area contributed by atoms with E-state index in [0.717, 1.165) is 12.0 Å². The van der Waals surface area contributed by atoms with Crippen LogP contribution in [0.1, 0.15) is 13.3 Å². The number of carbonyl (C=O) groups is 1. The summed E-state index contributed by atoms with van der Waals surface area (Å²) in [4.78, 5) is 12.9. The molecular formula is C11H15NO2. The van der Waals surface area contributed by atoms with Gasteiger partial charge in [-0.25, -0.2) is 4.79 Å². The third-order valence-electron chi connectivity index (χ3n) is 2.10. The zero-order chi connectivity index (χ0) is 10.6. The summed E-state index contributed by atoms with van der Waals surface area (Å²) in [6, 6.07) is 0.0324. The van der Waals surface area contributed by atoms with Gasteiger partial charge in [-0.2, -0.15) is 0 Å². The molecule has 1 heterocycles. The number of nitrogens with zero attached hydrogens (tertiary/aromatic N) is 1. The summed E-state index contributed by atoms with van der Waals surface area (Å²) in [5.74, 6) is 0. The molecule has 1 unspecified atom stereocenters. The van der Waals surface area contributed by atoms with E-state index in [1.54, 1.807) is 17.2 Å². The third-order valence-corrected chi connectivity index (χ3v) is 2.10. The predicted molar refractivity (Wildman–Crippen MR) is 55.7 cm³/mol. The van der Waals surface area contributed by atoms with Crippen molar-refractivity contribution in [2.45, 2.75) is 19.4 Å². The minimum atomic E-state index is -0.336. The molecule has 1 aliphatic rings. The Kier molecular flexibility index (Phi) is 3.51. The van der Waals surface area contributed by atoms with Crippen molar-refractivity contribution in [2.24, 2.45) is 0 Å². The summed E-state index contributed by atoms with van der Waals surface area (Å²) in [5.41, 5.74) is 1.15. The summed E-state index contributed by atoms with van der Waals surface area (Å²) < 4.78 is 4.67. The number of ether oxygens (including phenoxy) is 1. The van der Waals surface area contributed by atoms with Crippen LogP contribution < -0.4 is 0 Å². The number of amides is 1. The summed E-state index contributed by atoms with van der Waals surface area (Å²) in [6.45, 7) is 5.67. The van der Waals surface area contributed by atoms with E-state index >= 15 is 0 Å². The molecule has 0 aromatic rings. The Morgan fingerprint density at radius 3 is 3.07 bits per heavy atom. The van der Waals surface area contributed by atoms with E-state index in [4.69, 9.17) is 0 Å². The average molecular weight is 193 g/mol. The Labute approximate surface area is 84.3 Å². The van der Waals surface area contributed by atoms with Gasteiger partial charge in [0.15, 0.2) is 0 Å². The van der Waals surface area contributed by atoms with Crippen LogP contribution in [0.25, 0.3) is 0 Å². The molecule has 1 rings (SSSR count). The molecule has 3 heteroatoms. The first-order valence-electron chi connectivity index (χ1n) is 4.53. The van der Waals surface area contributed by atoms with Crippen LogP contribution in [0.5, 0.6) is 0 Å². The zero-order valence-corrected chi connectivity index (χ0v) is 8.56. The number of hydrogen-bond donors (Lipinski definition) is 0. The Balaban J connectivity index is 2.79. The number of carbonyl (C=O) groups excluding carboxylic acids is 1. The van der Waals surface area contributed by atoms with Crippen LogP contribution in [0.2, 0.25) is 0 Å². The fraction of sp³-hybridized carbons (Fsp3) is 0.364. The SMILES string of the molecule is C=CCC1C=C(C)C=CN1C(=O)OC. The van der Waals surface area contributed by atoms with Crippen LogP contribution in [0.15, 0.2) is 36.6 Å². The second-order valence-corrected chi connectivity index (χ2v) is 3.20. The van der Waals surface area contributed by atoms with Crippen molar-refractivity contribution in [2.75, 3.05) is 7.11 Å². The molecule has 1 aliphatic heterocycles. The Morgan fingerprint density at radius 2 is 2.50 bits per heavy atom. The maximum atomic E-state index is 11.3. The summed E-state index contributed by atoms with van der Waals surface area (Å²) in [7, 11) is 1.38. The first kappa shape index (κ1) is 10.6. The minimum absolute atomic E-state index is 0.0324. The van der Waals surface area contributed by atoms with E-state index in [2.05, 4.69) is 11.3 Å². The average Bonchev–Trinajstić information content (AvgIpc) is 2.17. The molecule has 0 saturated carbocycles. The molecule has 3 nitrogen and oxygen atoms in total. The second kappa shape index (κ2) is 4.65. The Hall–Kier alpha value is -1.51. The highest BCUT2D eigenvalue weighted by molar-refractivity contribution is 5.70. The Bertz CT molecular complexity index is 292. The Morgan fingerprint density at radius 1 is 1.79 bits per heavy atom. The van der Waals surface area contributed by atoms with Crippen LogP contribution in [0.3, 0.4) is 0 Å². The van der Waals surface area contributed by atoms with E-state index < -0.39 is 0 Å². The molecule has 1 amide bonds. The number of methoxy groups -OCH3 is 1. The van der Waals surface area contributed by atoms with Crippen molar-refractivity contribution < 1.29 is 9.53 Å². The van der Waals surface area contributed by atoms with E-state index in [1.165, 1.54) is 7.11 Å². The van der Waals surface area contributed by atoms with Crippen molar-refractivity contribution in [1.82, 2.24) is 4.90 Å². The lowest BCUT2D eigenvalue weighted by atomic mass is 10.1. The number of allylic oxidation sites excluding steroid dienone is 2. The van der Waals surface area contributed by atoms with Gasteiger partial charge in [0, 0.05) is 6.20 Å². The molecule has 0 aromatic heterocycles. The quantitative estimate of drug-likeness (QED) is 0.630. The largest absolute Gasteiger partial charge is 0.452 e. The van der Waals surface area contributed by atoms with Crippen molar-refractivity contribution >= 4 is 6.09 Å². The van der Waals surface area contributed by atoms with Crippen molar-refractivity contribution in [3.8, 4) is 0 Å². The lowest BCUT2D eigenvalue weighted by Crippen LogP contribution is -2.36. The van der Waals surface area contributed by atoms with Crippen molar-refractivity contribution in [1.29, 1.82) is 0 Å². The van der Waals surface area contributed by atoms with Crippen LogP contribution >= 0.6 is 0 Å². The van der Waals surface area contributed by atoms with Gasteiger partial charge in [-0.1, -0.05) is 17.7 Å². The third kappa shape index (κ3) is 2.25. The molecule has 0 saturated heterocycles. The monoisotopic (exact) mass is 193 g/mol. The van der Waals surface area contributed by atoms with Crippen LogP contribution in [-0.2, 0) is 4.74 Å². The van der Waals surface area contributed by atoms with E-state index in [-0.39, 0.29) is 12.1 Å². The second-order valence-electron chi connectivity index (χ2n) is 3.20. The lowest BCUT2D eigenvalue weighted by Gasteiger charge is -2.27. The standard InChI is InChI=1S/C11H15NO2/c1-4-5-10-8-9(2)6-7-12(10)11(13)14-3/h4,6-8,10H,1,5H2,2-3H3. The summed E-state index contributed by atoms with van der Waals surface area (Å²) in [5, 5.41) is 0. The van der Waals surface area contributed by atoms with Gasteiger partial charge >= 0.3 is 6.09 Å². The van der Waals surface area contributed by atoms with E-state index in [0.29, 0.717) is 0 Å². The fourth-order valence-electron chi connectivity index (χ4n) is 1.40. The highest BCUT2D eigenvalue weighted by atomic mass is 16.5. The van der Waals surface area contributed by atoms with Crippen molar-refractivity contribution in [3.05, 3.63) is 36.6 Å². The van der Waals surface area contributed by atoms with Crippen molar-refractivity contribution in [3.63, 3.8) is 0 Å². The summed E-state index contributed by atoms with van der Waals surface area (Å²) >= 11 is 0. The maximum absolute atomic E-state index is 11.3. The number of rotatable bonds is 2. The van der Waals surface area contributed by atoms with E-state index in [9.17, 15) is 4.79 Å². The molecule has 0 fully saturated rings. The first-order chi connectivity index (χ1) is 6.69. The van der Waals surface area contributed by atoms with Gasteiger partial charge < -0.3 is 4.74 Å². The first-order valence-corrected chi connectivity index (χ1v) is 4.53. The molecule has 14 heavy (non-hydrogen) atoms. The fourth-order valence-corrected chi connectivity index (χ4v) is 1.40. The highest BCUT2D eigenvalue weighted by Crippen LogP contribution is 2.17. The van der Waals surface area contributed by atoms with Gasteiger partial charge in [0.2, 0.25) is 0 Å². The van der Waals surface area contributed by atoms with Gasteiger partial charge in [-0.05, 0) is 19.4 Å². The predicted octanol–water partition coefficient (Wildman–Crippen LogP) is 2.47. The van der Waals surface area contributed by atoms with Gasteiger partial charge in [-0.15, -0.1) is 6.58 Å². The number of hydrogen-bond acceptors (Lipinski definition) is 2. The molecular weight excluding hydrogens is 178 g/mol. The van der Waals surface area contributed by atoms with Gasteiger partial charge in [0.05, 0.1) is 13.2 Å².